The number of nitrogens with two attached hydrogens (primary N) is 1. The summed E-state index contributed by atoms with van der Waals surface area (Å²) in [5, 5.41) is 53.0. The van der Waals surface area contributed by atoms with Crippen LogP contribution in [0.5, 0.6) is 0 Å². The average molecular weight is 567 g/mol. The fourth-order valence-corrected chi connectivity index (χ4v) is 4.92. The zero-order valence-electron chi connectivity index (χ0n) is 21.7. The number of imidazole rings is 1. The third kappa shape index (κ3) is 5.94. The van der Waals surface area contributed by atoms with Gasteiger partial charge in [-0.1, -0.05) is 30.3 Å². The summed E-state index contributed by atoms with van der Waals surface area (Å²) in [6, 6.07) is 6.81. The van der Waals surface area contributed by atoms with E-state index >= 15 is 0 Å². The second-order valence-electron chi connectivity index (χ2n) is 9.69. The molecule has 1 saturated carbocycles. The molecule has 0 saturated heterocycles. The minimum absolute atomic E-state index is 0.0776. The number of hydrogen-bond acceptors (Lipinski definition) is 11. The molecule has 3 aromatic heterocycles. The van der Waals surface area contributed by atoms with Crippen molar-refractivity contribution < 1.29 is 30.0 Å². The second-order valence-corrected chi connectivity index (χ2v) is 9.69. The van der Waals surface area contributed by atoms with Gasteiger partial charge in [-0.15, -0.1) is 0 Å². The SMILES string of the molecule is NC(=O)Nc1cnn(-c2nc(N[C@H](CO)Cc3ccccc3)c3ncn([C@@H]4C[C@H](NC(=O)CO)[C@@H](O)[C@H]4O)c3n2)c1. The fraction of sp³-hybridized carbons (Fsp3) is 0.360. The number of nitrogens with one attached hydrogen (secondary N) is 3. The van der Waals surface area contributed by atoms with Crippen molar-refractivity contribution in [2.45, 2.75) is 43.2 Å². The molecule has 0 aliphatic heterocycles. The quantitative estimate of drug-likeness (QED) is 0.112. The Morgan fingerprint density at radius 1 is 1.12 bits per heavy atom. The number of aromatic nitrogens is 6. The molecule has 216 valence electrons. The number of nitrogens with zero attached hydrogens (tertiary/aromatic N) is 6. The number of rotatable bonds is 10. The van der Waals surface area contributed by atoms with Gasteiger partial charge in [0.2, 0.25) is 5.91 Å². The number of carbonyl (C=O) groups excluding carboxylic acids is 2. The van der Waals surface area contributed by atoms with Crippen LogP contribution in [0, 0.1) is 0 Å². The number of hydrogen-bond donors (Lipinski definition) is 8. The standard InChI is InChI=1S/C25H30N10O6/c26-24(41)30-15-8-28-35(9-15)25-32-22(29-14(10-36)6-13-4-2-1-3-5-13)19-23(33-25)34(12-27-19)17-7-16(20(39)21(17)40)31-18(38)11-37/h1-5,8-9,12,14,16-17,20-21,36-37,39-40H,6-7,10-11H2,(H,31,38)(H3,26,30,41)(H,29,32,33)/t14-,16-,17+,20+,21-/m0/s1. The molecule has 0 unspecified atom stereocenters. The molecule has 9 N–H and O–H groups in total. The topological polar surface area (TPSA) is 239 Å². The summed E-state index contributed by atoms with van der Waals surface area (Å²) in [6.07, 6.45) is 2.28. The molecule has 1 aliphatic carbocycles. The number of aliphatic hydroxyl groups excluding tert-OH is 4. The van der Waals surface area contributed by atoms with E-state index in [2.05, 4.69) is 36.0 Å². The minimum Gasteiger partial charge on any atom is -0.394 e. The predicted molar refractivity (Wildman–Crippen MR) is 145 cm³/mol. The van der Waals surface area contributed by atoms with E-state index in [0.29, 0.717) is 17.6 Å². The lowest BCUT2D eigenvalue weighted by atomic mass is 10.1. The summed E-state index contributed by atoms with van der Waals surface area (Å²) in [4.78, 5) is 36.7. The Morgan fingerprint density at radius 3 is 2.61 bits per heavy atom. The fourth-order valence-electron chi connectivity index (χ4n) is 4.92. The van der Waals surface area contributed by atoms with Gasteiger partial charge in [-0.2, -0.15) is 15.1 Å². The van der Waals surface area contributed by atoms with Gasteiger partial charge < -0.3 is 46.7 Å². The molecule has 4 aromatic rings. The molecule has 0 radical (unpaired) electrons. The minimum atomic E-state index is -1.30. The van der Waals surface area contributed by atoms with Crippen LogP contribution < -0.4 is 21.7 Å². The summed E-state index contributed by atoms with van der Waals surface area (Å²) >= 11 is 0. The highest BCUT2D eigenvalue weighted by Gasteiger charge is 2.44. The first-order valence-corrected chi connectivity index (χ1v) is 12.8. The van der Waals surface area contributed by atoms with Crippen molar-refractivity contribution in [3.05, 3.63) is 54.6 Å². The molecule has 16 nitrogen and oxygen atoms in total. The van der Waals surface area contributed by atoms with E-state index in [9.17, 15) is 24.9 Å². The zero-order chi connectivity index (χ0) is 29.1. The number of anilines is 2. The Hall–Kier alpha value is -4.64. The average Bonchev–Trinajstić information content (AvgIpc) is 3.67. The summed E-state index contributed by atoms with van der Waals surface area (Å²) in [5.74, 6) is -0.327. The number of primary amides is 1. The monoisotopic (exact) mass is 566 g/mol. The Balaban J connectivity index is 1.54. The molecule has 5 atom stereocenters. The van der Waals surface area contributed by atoms with Gasteiger partial charge in [0.1, 0.15) is 18.8 Å². The summed E-state index contributed by atoms with van der Waals surface area (Å²) in [5.41, 5.74) is 7.10. The summed E-state index contributed by atoms with van der Waals surface area (Å²) in [7, 11) is 0. The number of aliphatic hydroxyl groups is 4. The Labute approximate surface area is 232 Å². The van der Waals surface area contributed by atoms with Crippen LogP contribution in [0.15, 0.2) is 49.1 Å². The third-order valence-corrected chi connectivity index (χ3v) is 6.85. The zero-order valence-corrected chi connectivity index (χ0v) is 21.7. The number of fused-ring (bicyclic) bond motifs is 1. The third-order valence-electron chi connectivity index (χ3n) is 6.85. The first kappa shape index (κ1) is 27.9. The van der Waals surface area contributed by atoms with Crippen molar-refractivity contribution in [1.29, 1.82) is 0 Å². The van der Waals surface area contributed by atoms with E-state index in [1.165, 1.54) is 23.4 Å². The lowest BCUT2D eigenvalue weighted by molar-refractivity contribution is -0.125. The number of amides is 3. The molecule has 1 aromatic carbocycles. The van der Waals surface area contributed by atoms with Crippen molar-refractivity contribution in [2.75, 3.05) is 23.8 Å². The lowest BCUT2D eigenvalue weighted by Crippen LogP contribution is -2.44. The molecule has 1 fully saturated rings. The van der Waals surface area contributed by atoms with E-state index in [4.69, 9.17) is 10.8 Å². The Bertz CT molecular complexity index is 1530. The summed E-state index contributed by atoms with van der Waals surface area (Å²) < 4.78 is 2.88. The van der Waals surface area contributed by atoms with Crippen molar-refractivity contribution in [3.63, 3.8) is 0 Å². The first-order valence-electron chi connectivity index (χ1n) is 12.8. The van der Waals surface area contributed by atoms with Gasteiger partial charge in [0.15, 0.2) is 17.0 Å². The van der Waals surface area contributed by atoms with Gasteiger partial charge >= 0.3 is 6.03 Å². The van der Waals surface area contributed by atoms with Crippen molar-refractivity contribution in [1.82, 2.24) is 34.6 Å². The van der Waals surface area contributed by atoms with Gasteiger partial charge in [-0.3, -0.25) is 4.79 Å². The van der Waals surface area contributed by atoms with E-state index in [-0.39, 0.29) is 30.4 Å². The lowest BCUT2D eigenvalue weighted by Gasteiger charge is -2.20. The Morgan fingerprint density at radius 2 is 1.90 bits per heavy atom. The maximum atomic E-state index is 11.7. The van der Waals surface area contributed by atoms with E-state index < -0.39 is 48.9 Å². The molecule has 3 amide bonds. The maximum absolute atomic E-state index is 11.7. The molecule has 5 rings (SSSR count). The molecule has 41 heavy (non-hydrogen) atoms. The molecular weight excluding hydrogens is 536 g/mol. The maximum Gasteiger partial charge on any atom is 0.316 e. The van der Waals surface area contributed by atoms with Crippen LogP contribution in [0.2, 0.25) is 0 Å². The smallest absolute Gasteiger partial charge is 0.316 e. The van der Waals surface area contributed by atoms with Gasteiger partial charge in [0, 0.05) is 0 Å². The van der Waals surface area contributed by atoms with Crippen molar-refractivity contribution in [2.24, 2.45) is 5.73 Å². The van der Waals surface area contributed by atoms with Gasteiger partial charge in [-0.25, -0.2) is 14.5 Å². The number of urea groups is 1. The van der Waals surface area contributed by atoms with Crippen LogP contribution in [0.1, 0.15) is 18.0 Å². The first-order chi connectivity index (χ1) is 19.8. The second kappa shape index (κ2) is 11.8. The van der Waals surface area contributed by atoms with Crippen molar-refractivity contribution >= 4 is 34.6 Å². The molecular formula is C25H30N10O6. The predicted octanol–water partition coefficient (Wildman–Crippen LogP) is -1.34. The van der Waals surface area contributed by atoms with Crippen LogP contribution in [0.3, 0.4) is 0 Å². The van der Waals surface area contributed by atoms with E-state index in [1.807, 2.05) is 30.3 Å². The molecule has 0 bridgehead atoms. The van der Waals surface area contributed by atoms with Crippen LogP contribution in [-0.4, -0.2) is 99.2 Å². The number of benzene rings is 1. The number of carbonyl (C=O) groups is 2. The van der Waals surface area contributed by atoms with Crippen molar-refractivity contribution in [3.8, 4) is 5.95 Å². The normalized spacial score (nSPS) is 21.1. The van der Waals surface area contributed by atoms with Crippen LogP contribution in [0.25, 0.3) is 17.1 Å². The molecule has 16 heteroatoms. The Kier molecular flexibility index (Phi) is 8.06. The van der Waals surface area contributed by atoms with E-state index in [1.54, 1.807) is 4.57 Å². The van der Waals surface area contributed by atoms with E-state index in [0.717, 1.165) is 5.56 Å². The van der Waals surface area contributed by atoms with Crippen LogP contribution in [0.4, 0.5) is 16.3 Å². The summed E-state index contributed by atoms with van der Waals surface area (Å²) in [6.45, 7) is -0.972. The highest BCUT2D eigenvalue weighted by atomic mass is 16.3. The van der Waals surface area contributed by atoms with Gasteiger partial charge in [0.05, 0.1) is 49.1 Å². The largest absolute Gasteiger partial charge is 0.394 e. The van der Waals surface area contributed by atoms with Crippen LogP contribution in [-0.2, 0) is 11.2 Å². The molecule has 1 aliphatic rings. The molecule has 3 heterocycles. The molecule has 0 spiro atoms. The van der Waals surface area contributed by atoms with Gasteiger partial charge in [-0.05, 0) is 18.4 Å². The van der Waals surface area contributed by atoms with Gasteiger partial charge in [0.25, 0.3) is 5.95 Å². The van der Waals surface area contributed by atoms with Crippen LogP contribution >= 0.6 is 0 Å². The highest BCUT2D eigenvalue weighted by Crippen LogP contribution is 2.34. The highest BCUT2D eigenvalue weighted by molar-refractivity contribution is 5.87.